The van der Waals surface area contributed by atoms with E-state index in [1.807, 2.05) is 42.5 Å². The highest BCUT2D eigenvalue weighted by atomic mass is 19.4. The fourth-order valence-corrected chi connectivity index (χ4v) is 4.25. The Morgan fingerprint density at radius 3 is 1.95 bits per heavy atom. The first kappa shape index (κ1) is 26.0. The van der Waals surface area contributed by atoms with Gasteiger partial charge < -0.3 is 4.74 Å². The molecule has 0 spiro atoms. The molecule has 1 N–H and O–H groups in total. The zero-order valence-corrected chi connectivity index (χ0v) is 19.8. The van der Waals surface area contributed by atoms with Crippen LogP contribution in [0.25, 0.3) is 21.5 Å². The maximum Gasteiger partial charge on any atom is 0.422 e. The van der Waals surface area contributed by atoms with Crippen LogP contribution in [0.4, 0.5) is 36.4 Å². The Hall–Kier alpha value is -4.60. The van der Waals surface area contributed by atoms with E-state index in [-0.39, 0.29) is 6.61 Å². The molecule has 0 heterocycles. The number of hydrogen-bond acceptors (Lipinski definition) is 3. The molecule has 198 valence electrons. The lowest BCUT2D eigenvalue weighted by Gasteiger charge is -2.14. The first-order valence-corrected chi connectivity index (χ1v) is 11.5. The summed E-state index contributed by atoms with van der Waals surface area (Å²) in [6.45, 7) is 0.159. The molecule has 0 saturated carbocycles. The molecule has 5 rings (SSSR count). The van der Waals surface area contributed by atoms with Crippen LogP contribution < -0.4 is 10.2 Å². The number of fused-ring (bicyclic) bond motifs is 2. The van der Waals surface area contributed by atoms with E-state index >= 15 is 0 Å². The van der Waals surface area contributed by atoms with Gasteiger partial charge in [0.1, 0.15) is 23.6 Å². The molecule has 0 aliphatic rings. The van der Waals surface area contributed by atoms with Crippen LogP contribution in [0.2, 0.25) is 0 Å². The maximum absolute atomic E-state index is 14.3. The topological polar surface area (TPSA) is 33.6 Å². The highest BCUT2D eigenvalue weighted by Gasteiger charge is 2.42. The number of benzene rings is 5. The Labute approximate surface area is 217 Å². The average Bonchev–Trinajstić information content (AvgIpc) is 2.92. The van der Waals surface area contributed by atoms with Crippen molar-refractivity contribution in [3.8, 4) is 5.75 Å². The van der Waals surface area contributed by atoms with Crippen molar-refractivity contribution in [3.05, 3.63) is 119 Å². The van der Waals surface area contributed by atoms with Crippen molar-refractivity contribution in [3.63, 3.8) is 0 Å². The Bertz CT molecular complexity index is 1700. The van der Waals surface area contributed by atoms with Crippen LogP contribution in [0.1, 0.15) is 16.7 Å². The van der Waals surface area contributed by atoms with Gasteiger partial charge in [-0.1, -0.05) is 72.8 Å². The van der Waals surface area contributed by atoms with Gasteiger partial charge in [0.15, 0.2) is 23.3 Å². The van der Waals surface area contributed by atoms with Crippen LogP contribution in [0.5, 0.6) is 5.75 Å². The highest BCUT2D eigenvalue weighted by molar-refractivity contribution is 6.02. The molecule has 0 atom stereocenters. The monoisotopic (exact) mass is 542 g/mol. The predicted octanol–water partition coefficient (Wildman–Crippen LogP) is 8.59. The molecule has 3 nitrogen and oxygen atoms in total. The number of hydrazone groups is 1. The SMILES string of the molecule is Fc1c(F)c(C(F)(F)F)c(F)c(F)c1NN=Cc1c(OCc2cccc3ccccc23)ccc2ccccc12. The van der Waals surface area contributed by atoms with Gasteiger partial charge in [-0.25, -0.2) is 17.6 Å². The lowest BCUT2D eigenvalue weighted by molar-refractivity contribution is -0.143. The number of nitrogens with zero attached hydrogens (tertiary/aromatic N) is 1. The number of anilines is 1. The van der Waals surface area contributed by atoms with Gasteiger partial charge in [0.25, 0.3) is 0 Å². The fraction of sp³-hybridized carbons (Fsp3) is 0.0690. The predicted molar refractivity (Wildman–Crippen MR) is 135 cm³/mol. The molecule has 0 fully saturated rings. The van der Waals surface area contributed by atoms with Crippen molar-refractivity contribution in [1.82, 2.24) is 0 Å². The first-order chi connectivity index (χ1) is 18.7. The maximum atomic E-state index is 14.3. The van der Waals surface area contributed by atoms with Gasteiger partial charge in [0.05, 0.1) is 6.21 Å². The molecule has 0 aromatic heterocycles. The summed E-state index contributed by atoms with van der Waals surface area (Å²) in [6, 6.07) is 24.0. The van der Waals surface area contributed by atoms with E-state index in [1.165, 1.54) is 0 Å². The summed E-state index contributed by atoms with van der Waals surface area (Å²) in [5.41, 5.74) is -1.13. The third-order valence-corrected chi connectivity index (χ3v) is 6.11. The molecule has 0 radical (unpaired) electrons. The van der Waals surface area contributed by atoms with E-state index in [4.69, 9.17) is 4.74 Å². The van der Waals surface area contributed by atoms with Gasteiger partial charge in [-0.05, 0) is 33.2 Å². The second-order valence-corrected chi connectivity index (χ2v) is 8.50. The van der Waals surface area contributed by atoms with Gasteiger partial charge >= 0.3 is 6.18 Å². The van der Waals surface area contributed by atoms with E-state index < -0.39 is 40.7 Å². The van der Waals surface area contributed by atoms with E-state index in [2.05, 4.69) is 5.10 Å². The van der Waals surface area contributed by atoms with Gasteiger partial charge in [-0.3, -0.25) is 5.43 Å². The quantitative estimate of drug-likeness (QED) is 0.101. The van der Waals surface area contributed by atoms with Gasteiger partial charge in [-0.2, -0.15) is 18.3 Å². The third-order valence-electron chi connectivity index (χ3n) is 6.11. The molecular weight excluding hydrogens is 525 g/mol. The lowest BCUT2D eigenvalue weighted by Crippen LogP contribution is -2.16. The van der Waals surface area contributed by atoms with Gasteiger partial charge in [-0.15, -0.1) is 0 Å². The molecular formula is C29H17F7N2O. The Morgan fingerprint density at radius 1 is 0.692 bits per heavy atom. The summed E-state index contributed by atoms with van der Waals surface area (Å²) in [7, 11) is 0. The van der Waals surface area contributed by atoms with Crippen molar-refractivity contribution < 1.29 is 35.5 Å². The molecule has 10 heteroatoms. The minimum Gasteiger partial charge on any atom is -0.488 e. The van der Waals surface area contributed by atoms with Crippen LogP contribution in [-0.2, 0) is 12.8 Å². The molecule has 0 saturated heterocycles. The molecule has 0 amide bonds. The molecule has 0 unspecified atom stereocenters. The number of hydrogen-bond donors (Lipinski definition) is 1. The molecule has 0 bridgehead atoms. The normalized spacial score (nSPS) is 12.0. The zero-order chi connectivity index (χ0) is 27.7. The third kappa shape index (κ3) is 4.97. The number of ether oxygens (including phenoxy) is 1. The zero-order valence-electron chi connectivity index (χ0n) is 19.8. The van der Waals surface area contributed by atoms with E-state index in [0.717, 1.165) is 27.9 Å². The highest BCUT2D eigenvalue weighted by Crippen LogP contribution is 2.38. The summed E-state index contributed by atoms with van der Waals surface area (Å²) >= 11 is 0. The second-order valence-electron chi connectivity index (χ2n) is 8.50. The van der Waals surface area contributed by atoms with Crippen LogP contribution in [0.3, 0.4) is 0 Å². The van der Waals surface area contributed by atoms with Crippen molar-refractivity contribution in [1.29, 1.82) is 0 Å². The van der Waals surface area contributed by atoms with Crippen molar-refractivity contribution in [2.24, 2.45) is 5.10 Å². The van der Waals surface area contributed by atoms with Crippen LogP contribution in [-0.4, -0.2) is 6.21 Å². The minimum atomic E-state index is -5.64. The standard InChI is InChI=1S/C29H17F7N2O/c30-24-23(29(34,35)36)25(31)27(33)28(26(24)32)38-37-14-21-20-11-4-2-7-17(20)12-13-22(21)39-15-18-9-5-8-16-6-1-3-10-19(16)18/h1-14,38H,15H2. The second kappa shape index (κ2) is 10.3. The first-order valence-electron chi connectivity index (χ1n) is 11.5. The molecule has 39 heavy (non-hydrogen) atoms. The number of alkyl halides is 3. The number of nitrogens with one attached hydrogen (secondary N) is 1. The van der Waals surface area contributed by atoms with Crippen LogP contribution in [0.15, 0.2) is 84.0 Å². The molecule has 0 aliphatic carbocycles. The summed E-state index contributed by atoms with van der Waals surface area (Å²) in [4.78, 5) is 0. The Kier molecular flexibility index (Phi) is 6.86. The lowest BCUT2D eigenvalue weighted by atomic mass is 10.0. The molecule has 5 aromatic rings. The molecule has 5 aromatic carbocycles. The summed E-state index contributed by atoms with van der Waals surface area (Å²) < 4.78 is 101. The largest absolute Gasteiger partial charge is 0.488 e. The number of rotatable bonds is 6. The minimum absolute atomic E-state index is 0.159. The Balaban J connectivity index is 1.50. The average molecular weight is 542 g/mol. The van der Waals surface area contributed by atoms with E-state index in [0.29, 0.717) is 16.7 Å². The van der Waals surface area contributed by atoms with Gasteiger partial charge in [0, 0.05) is 5.56 Å². The number of halogens is 7. The summed E-state index contributed by atoms with van der Waals surface area (Å²) in [5, 5.41) is 7.07. The van der Waals surface area contributed by atoms with Gasteiger partial charge in [0.2, 0.25) is 0 Å². The summed E-state index contributed by atoms with van der Waals surface area (Å²) in [5.74, 6) is -9.35. The van der Waals surface area contributed by atoms with Crippen molar-refractivity contribution >= 4 is 33.4 Å². The van der Waals surface area contributed by atoms with Crippen LogP contribution >= 0.6 is 0 Å². The van der Waals surface area contributed by atoms with Crippen LogP contribution in [0, 0.1) is 23.3 Å². The van der Waals surface area contributed by atoms with Crippen molar-refractivity contribution in [2.75, 3.05) is 5.43 Å². The van der Waals surface area contributed by atoms with E-state index in [1.54, 1.807) is 41.8 Å². The fourth-order valence-electron chi connectivity index (χ4n) is 4.25. The molecule has 0 aliphatic heterocycles. The summed E-state index contributed by atoms with van der Waals surface area (Å²) in [6.07, 6.45) is -4.54. The Morgan fingerprint density at radius 2 is 1.28 bits per heavy atom. The smallest absolute Gasteiger partial charge is 0.422 e. The van der Waals surface area contributed by atoms with E-state index in [9.17, 15) is 30.7 Å². The van der Waals surface area contributed by atoms with Crippen molar-refractivity contribution in [2.45, 2.75) is 12.8 Å².